The van der Waals surface area contributed by atoms with Gasteiger partial charge in [-0.05, 0) is 20.3 Å². The largest absolute Gasteiger partial charge is 0.477 e. The summed E-state index contributed by atoms with van der Waals surface area (Å²) in [6, 6.07) is 0. The van der Waals surface area contributed by atoms with Crippen molar-refractivity contribution in [2.45, 2.75) is 24.6 Å². The van der Waals surface area contributed by atoms with Gasteiger partial charge in [0.15, 0.2) is 4.34 Å². The highest BCUT2D eigenvalue weighted by molar-refractivity contribution is 8.01. The first-order valence-electron chi connectivity index (χ1n) is 5.06. The number of rotatable bonds is 7. The third-order valence-corrected chi connectivity index (χ3v) is 4.21. The third kappa shape index (κ3) is 4.11. The summed E-state index contributed by atoms with van der Waals surface area (Å²) in [6.45, 7) is 5.19. The smallest absolute Gasteiger partial charge is 0.347 e. The molecule has 0 aliphatic rings. The van der Waals surface area contributed by atoms with Crippen molar-refractivity contribution in [2.24, 2.45) is 0 Å². The molecule has 6 heteroatoms. The van der Waals surface area contributed by atoms with E-state index in [4.69, 9.17) is 9.84 Å². The summed E-state index contributed by atoms with van der Waals surface area (Å²) in [7, 11) is 0. The molecule has 16 heavy (non-hydrogen) atoms. The highest BCUT2D eigenvalue weighted by Gasteiger charge is 2.13. The molecule has 90 valence electrons. The first-order chi connectivity index (χ1) is 7.65. The van der Waals surface area contributed by atoms with Gasteiger partial charge in [0.05, 0.1) is 5.69 Å². The van der Waals surface area contributed by atoms with Crippen LogP contribution in [0.2, 0.25) is 0 Å². The SMILES string of the molecule is CCOCCCSc1nc(C)c(C(=O)O)s1. The van der Waals surface area contributed by atoms with Gasteiger partial charge < -0.3 is 9.84 Å². The Labute approximate surface area is 103 Å². The van der Waals surface area contributed by atoms with E-state index in [1.807, 2.05) is 6.92 Å². The fourth-order valence-electron chi connectivity index (χ4n) is 1.10. The molecule has 0 aliphatic carbocycles. The predicted molar refractivity (Wildman–Crippen MR) is 65.6 cm³/mol. The zero-order valence-electron chi connectivity index (χ0n) is 9.36. The average molecular weight is 261 g/mol. The molecule has 0 bridgehead atoms. The van der Waals surface area contributed by atoms with Crippen LogP contribution in [0.25, 0.3) is 0 Å². The van der Waals surface area contributed by atoms with E-state index < -0.39 is 5.97 Å². The van der Waals surface area contributed by atoms with Gasteiger partial charge >= 0.3 is 5.97 Å². The van der Waals surface area contributed by atoms with Crippen LogP contribution in [0.15, 0.2) is 4.34 Å². The highest BCUT2D eigenvalue weighted by Crippen LogP contribution is 2.27. The second kappa shape index (κ2) is 6.88. The normalized spacial score (nSPS) is 10.6. The molecule has 0 unspecified atom stereocenters. The Morgan fingerprint density at radius 1 is 1.62 bits per heavy atom. The lowest BCUT2D eigenvalue weighted by atomic mass is 10.4. The van der Waals surface area contributed by atoms with Crippen molar-refractivity contribution < 1.29 is 14.6 Å². The molecule has 0 aromatic carbocycles. The molecule has 0 amide bonds. The molecule has 0 fully saturated rings. The molecule has 1 aromatic heterocycles. The molecule has 0 aliphatic heterocycles. The molecule has 0 saturated heterocycles. The number of aromatic nitrogens is 1. The van der Waals surface area contributed by atoms with Crippen LogP contribution >= 0.6 is 23.1 Å². The number of nitrogens with zero attached hydrogens (tertiary/aromatic N) is 1. The van der Waals surface area contributed by atoms with Crippen molar-refractivity contribution in [3.63, 3.8) is 0 Å². The number of aromatic carboxylic acids is 1. The van der Waals surface area contributed by atoms with Gasteiger partial charge in [-0.1, -0.05) is 11.8 Å². The minimum absolute atomic E-state index is 0.340. The van der Waals surface area contributed by atoms with Crippen LogP contribution in [0.1, 0.15) is 28.7 Å². The molecule has 0 saturated carbocycles. The monoisotopic (exact) mass is 261 g/mol. The maximum Gasteiger partial charge on any atom is 0.347 e. The van der Waals surface area contributed by atoms with Gasteiger partial charge in [-0.2, -0.15) is 0 Å². The summed E-state index contributed by atoms with van der Waals surface area (Å²) in [4.78, 5) is 15.3. The summed E-state index contributed by atoms with van der Waals surface area (Å²) < 4.78 is 6.04. The number of hydrogen-bond donors (Lipinski definition) is 1. The Balaban J connectivity index is 2.37. The fraction of sp³-hybridized carbons (Fsp3) is 0.600. The number of carbonyl (C=O) groups is 1. The topological polar surface area (TPSA) is 59.4 Å². The van der Waals surface area contributed by atoms with E-state index in [2.05, 4.69) is 4.98 Å². The summed E-state index contributed by atoms with van der Waals surface area (Å²) >= 11 is 2.83. The van der Waals surface area contributed by atoms with Gasteiger partial charge in [0.2, 0.25) is 0 Å². The number of carboxylic acids is 1. The van der Waals surface area contributed by atoms with Crippen molar-refractivity contribution in [2.75, 3.05) is 19.0 Å². The summed E-state index contributed by atoms with van der Waals surface area (Å²) in [5, 5.41) is 8.86. The van der Waals surface area contributed by atoms with Crippen LogP contribution in [-0.4, -0.2) is 35.0 Å². The molecule has 4 nitrogen and oxygen atoms in total. The number of ether oxygens (including phenoxy) is 1. The molecule has 1 rings (SSSR count). The van der Waals surface area contributed by atoms with Crippen molar-refractivity contribution in [1.82, 2.24) is 4.98 Å². The Hall–Kier alpha value is -0.590. The van der Waals surface area contributed by atoms with Gasteiger partial charge in [0.1, 0.15) is 4.88 Å². The molecule has 0 radical (unpaired) electrons. The minimum atomic E-state index is -0.892. The second-order valence-corrected chi connectivity index (χ2v) is 5.44. The van der Waals surface area contributed by atoms with E-state index in [0.29, 0.717) is 10.6 Å². The van der Waals surface area contributed by atoms with Gasteiger partial charge in [-0.3, -0.25) is 0 Å². The van der Waals surface area contributed by atoms with E-state index >= 15 is 0 Å². The maximum atomic E-state index is 10.8. The van der Waals surface area contributed by atoms with Crippen LogP contribution in [0, 0.1) is 6.92 Å². The highest BCUT2D eigenvalue weighted by atomic mass is 32.2. The molecule has 0 atom stereocenters. The first-order valence-corrected chi connectivity index (χ1v) is 6.86. The number of carboxylic acid groups (broad SMARTS) is 1. The Morgan fingerprint density at radius 2 is 2.38 bits per heavy atom. The van der Waals surface area contributed by atoms with E-state index in [-0.39, 0.29) is 0 Å². The molecule has 1 heterocycles. The van der Waals surface area contributed by atoms with E-state index in [1.165, 1.54) is 11.3 Å². The van der Waals surface area contributed by atoms with Crippen LogP contribution in [0.3, 0.4) is 0 Å². The molecule has 1 aromatic rings. The number of thioether (sulfide) groups is 1. The zero-order chi connectivity index (χ0) is 12.0. The fourth-order valence-corrected chi connectivity index (χ4v) is 3.11. The van der Waals surface area contributed by atoms with Crippen molar-refractivity contribution in [3.05, 3.63) is 10.6 Å². The summed E-state index contributed by atoms with van der Waals surface area (Å²) in [5.74, 6) is 0.0163. The minimum Gasteiger partial charge on any atom is -0.477 e. The molecule has 0 spiro atoms. The summed E-state index contributed by atoms with van der Waals surface area (Å²) in [6.07, 6.45) is 0.958. The number of aryl methyl sites for hydroxylation is 1. The van der Waals surface area contributed by atoms with Crippen LogP contribution in [0.5, 0.6) is 0 Å². The van der Waals surface area contributed by atoms with E-state index in [1.54, 1.807) is 18.7 Å². The van der Waals surface area contributed by atoms with Gasteiger partial charge in [0, 0.05) is 19.0 Å². The lowest BCUT2D eigenvalue weighted by molar-refractivity contribution is 0.0701. The standard InChI is InChI=1S/C10H15NO3S2/c1-3-14-5-4-6-15-10-11-7(2)8(16-10)9(12)13/h3-6H2,1-2H3,(H,12,13). The molecule has 1 N–H and O–H groups in total. The lowest BCUT2D eigenvalue weighted by Gasteiger charge is -1.98. The van der Waals surface area contributed by atoms with Crippen LogP contribution in [-0.2, 0) is 4.74 Å². The quantitative estimate of drug-likeness (QED) is 0.604. The average Bonchev–Trinajstić information content (AvgIpc) is 2.59. The zero-order valence-corrected chi connectivity index (χ0v) is 11.0. The van der Waals surface area contributed by atoms with Crippen LogP contribution < -0.4 is 0 Å². The maximum absolute atomic E-state index is 10.8. The second-order valence-electron chi connectivity index (χ2n) is 3.10. The van der Waals surface area contributed by atoms with E-state index in [9.17, 15) is 4.79 Å². The molecular formula is C10H15NO3S2. The van der Waals surface area contributed by atoms with Gasteiger partial charge in [-0.25, -0.2) is 9.78 Å². The lowest BCUT2D eigenvalue weighted by Crippen LogP contribution is -1.94. The first kappa shape index (κ1) is 13.5. The summed E-state index contributed by atoms with van der Waals surface area (Å²) in [5.41, 5.74) is 0.602. The van der Waals surface area contributed by atoms with Crippen LogP contribution in [0.4, 0.5) is 0 Å². The van der Waals surface area contributed by atoms with Crippen molar-refractivity contribution >= 4 is 29.1 Å². The Morgan fingerprint density at radius 3 is 2.94 bits per heavy atom. The Kier molecular flexibility index (Phi) is 5.79. The van der Waals surface area contributed by atoms with Gasteiger partial charge in [0.25, 0.3) is 0 Å². The third-order valence-electron chi connectivity index (χ3n) is 1.83. The number of hydrogen-bond acceptors (Lipinski definition) is 5. The number of thiazole rings is 1. The van der Waals surface area contributed by atoms with E-state index in [0.717, 1.165) is 29.7 Å². The van der Waals surface area contributed by atoms with Gasteiger partial charge in [-0.15, -0.1) is 11.3 Å². The van der Waals surface area contributed by atoms with Crippen molar-refractivity contribution in [3.8, 4) is 0 Å². The Bertz CT molecular complexity index is 352. The predicted octanol–water partition coefficient (Wildman–Crippen LogP) is 2.67. The molecular weight excluding hydrogens is 246 g/mol. The van der Waals surface area contributed by atoms with Crippen molar-refractivity contribution in [1.29, 1.82) is 0 Å².